The van der Waals surface area contributed by atoms with Crippen LogP contribution in [-0.2, 0) is 11.2 Å². The van der Waals surface area contributed by atoms with Gasteiger partial charge in [0.05, 0.1) is 29.5 Å². The molecular weight excluding hydrogens is 302 g/mol. The van der Waals surface area contributed by atoms with Gasteiger partial charge >= 0.3 is 0 Å². The maximum atomic E-state index is 12.6. The molecule has 0 saturated carbocycles. The van der Waals surface area contributed by atoms with Crippen LogP contribution in [0.25, 0.3) is 0 Å². The molecule has 0 aromatic carbocycles. The molecule has 1 aliphatic heterocycles. The van der Waals surface area contributed by atoms with Crippen molar-refractivity contribution in [1.82, 2.24) is 9.97 Å². The topological polar surface area (TPSA) is 80.9 Å². The third-order valence-electron chi connectivity index (χ3n) is 2.63. The normalized spacial score (nSPS) is 12.8. The Kier molecular flexibility index (Phi) is 4.64. The van der Waals surface area contributed by atoms with Gasteiger partial charge in [0.1, 0.15) is 11.6 Å². The summed E-state index contributed by atoms with van der Waals surface area (Å²) in [7, 11) is 0. The fourth-order valence-corrected chi connectivity index (χ4v) is 1.76. The summed E-state index contributed by atoms with van der Waals surface area (Å²) in [5.41, 5.74) is 6.62. The number of hydrogen-bond donors (Lipinski definition) is 2. The molecule has 0 aliphatic carbocycles. The molecule has 3 heterocycles. The van der Waals surface area contributed by atoms with E-state index in [0.29, 0.717) is 18.5 Å². The number of anilines is 2. The van der Waals surface area contributed by atoms with Crippen LogP contribution >= 0.6 is 11.6 Å². The average Bonchev–Trinajstić information content (AvgIpc) is 2.43. The molecule has 3 rings (SSSR count). The van der Waals surface area contributed by atoms with Gasteiger partial charge in [-0.3, -0.25) is 9.78 Å². The quantitative estimate of drug-likeness (QED) is 0.733. The fourth-order valence-electron chi connectivity index (χ4n) is 1.66. The highest BCUT2D eigenvalue weighted by molar-refractivity contribution is 6.31. The molecule has 21 heavy (non-hydrogen) atoms. The number of nitrogens with two attached hydrogens (primary N) is 1. The number of hydrogen-bond acceptors (Lipinski definition) is 4. The molecular formula is C13H11ClF2N4O. The summed E-state index contributed by atoms with van der Waals surface area (Å²) in [5.74, 6) is -0.970. The monoisotopic (exact) mass is 312 g/mol. The predicted octanol–water partition coefficient (Wildman–Crippen LogP) is 2.56. The molecule has 2 aromatic heterocycles. The Balaban J connectivity index is 0.000000161. The van der Waals surface area contributed by atoms with Gasteiger partial charge in [0.15, 0.2) is 5.15 Å². The van der Waals surface area contributed by atoms with Crippen LogP contribution in [0.2, 0.25) is 5.15 Å². The van der Waals surface area contributed by atoms with Crippen molar-refractivity contribution in [3.8, 4) is 0 Å². The number of aromatic nitrogens is 2. The number of rotatable bonds is 0. The van der Waals surface area contributed by atoms with Crippen LogP contribution in [0, 0.1) is 11.6 Å². The summed E-state index contributed by atoms with van der Waals surface area (Å²) in [6.45, 7) is 0. The minimum absolute atomic E-state index is 0.0742. The summed E-state index contributed by atoms with van der Waals surface area (Å²) < 4.78 is 24.8. The first-order chi connectivity index (χ1) is 9.95. The highest BCUT2D eigenvalue weighted by Gasteiger charge is 2.15. The molecule has 1 amide bonds. The van der Waals surface area contributed by atoms with E-state index in [-0.39, 0.29) is 16.7 Å². The maximum Gasteiger partial charge on any atom is 0.224 e. The molecule has 0 bridgehead atoms. The Hall–Kier alpha value is -2.28. The van der Waals surface area contributed by atoms with Crippen LogP contribution in [0.4, 0.5) is 20.2 Å². The molecule has 0 saturated heterocycles. The Morgan fingerprint density at radius 1 is 1.14 bits per heavy atom. The molecule has 5 nitrogen and oxygen atoms in total. The molecule has 3 N–H and O–H groups in total. The summed E-state index contributed by atoms with van der Waals surface area (Å²) in [6, 6.07) is 2.41. The van der Waals surface area contributed by atoms with Crippen molar-refractivity contribution < 1.29 is 13.6 Å². The van der Waals surface area contributed by atoms with E-state index in [1.165, 1.54) is 6.07 Å². The zero-order valence-electron chi connectivity index (χ0n) is 10.7. The maximum absolute atomic E-state index is 12.6. The Bertz CT molecular complexity index is 681. The zero-order valence-corrected chi connectivity index (χ0v) is 11.5. The SMILES string of the molecule is Nc1cc(F)cnc1Cl.O=C1CCc2ncc(F)cc2N1. The number of nitrogens with one attached hydrogen (secondary N) is 1. The number of fused-ring (bicyclic) bond motifs is 1. The summed E-state index contributed by atoms with van der Waals surface area (Å²) in [5, 5.41) is 2.69. The predicted molar refractivity (Wildman–Crippen MR) is 74.8 cm³/mol. The fraction of sp³-hybridized carbons (Fsp3) is 0.154. The van der Waals surface area contributed by atoms with Gasteiger partial charge in [-0.2, -0.15) is 0 Å². The number of pyridine rings is 2. The second-order valence-corrected chi connectivity index (χ2v) is 4.59. The smallest absolute Gasteiger partial charge is 0.224 e. The summed E-state index contributed by atoms with van der Waals surface area (Å²) in [4.78, 5) is 18.2. The van der Waals surface area contributed by atoms with Gasteiger partial charge in [-0.1, -0.05) is 11.6 Å². The van der Waals surface area contributed by atoms with E-state index in [9.17, 15) is 13.6 Å². The van der Waals surface area contributed by atoms with Gasteiger partial charge in [-0.05, 0) is 0 Å². The van der Waals surface area contributed by atoms with Crippen molar-refractivity contribution in [3.63, 3.8) is 0 Å². The van der Waals surface area contributed by atoms with Crippen molar-refractivity contribution in [2.75, 3.05) is 11.1 Å². The zero-order chi connectivity index (χ0) is 15.4. The molecule has 110 valence electrons. The molecule has 0 spiro atoms. The first-order valence-corrected chi connectivity index (χ1v) is 6.34. The highest BCUT2D eigenvalue weighted by atomic mass is 35.5. The van der Waals surface area contributed by atoms with E-state index in [2.05, 4.69) is 15.3 Å². The number of carbonyl (C=O) groups is 1. The molecule has 0 atom stereocenters. The van der Waals surface area contributed by atoms with Crippen molar-refractivity contribution in [2.24, 2.45) is 0 Å². The van der Waals surface area contributed by atoms with Gasteiger partial charge in [-0.25, -0.2) is 13.8 Å². The first kappa shape index (κ1) is 15.1. The van der Waals surface area contributed by atoms with Gasteiger partial charge in [-0.15, -0.1) is 0 Å². The lowest BCUT2D eigenvalue weighted by Crippen LogP contribution is -2.19. The van der Waals surface area contributed by atoms with Gasteiger partial charge < -0.3 is 11.1 Å². The van der Waals surface area contributed by atoms with Crippen molar-refractivity contribution in [3.05, 3.63) is 47.0 Å². The number of carbonyl (C=O) groups excluding carboxylic acids is 1. The average molecular weight is 313 g/mol. The lowest BCUT2D eigenvalue weighted by atomic mass is 10.1. The minimum Gasteiger partial charge on any atom is -0.396 e. The Morgan fingerprint density at radius 2 is 1.81 bits per heavy atom. The van der Waals surface area contributed by atoms with E-state index < -0.39 is 11.6 Å². The molecule has 0 fully saturated rings. The van der Waals surface area contributed by atoms with Gasteiger partial charge in [0.25, 0.3) is 0 Å². The Morgan fingerprint density at radius 3 is 2.48 bits per heavy atom. The minimum atomic E-state index is -0.475. The summed E-state index contributed by atoms with van der Waals surface area (Å²) >= 11 is 5.38. The second kappa shape index (κ2) is 6.45. The molecule has 2 aromatic rings. The number of halogens is 3. The largest absolute Gasteiger partial charge is 0.396 e. The van der Waals surface area contributed by atoms with Crippen LogP contribution in [0.3, 0.4) is 0 Å². The summed E-state index contributed by atoms with van der Waals surface area (Å²) in [6.07, 6.45) is 3.21. The van der Waals surface area contributed by atoms with E-state index in [1.54, 1.807) is 0 Å². The van der Waals surface area contributed by atoms with Crippen molar-refractivity contribution >= 4 is 28.9 Å². The van der Waals surface area contributed by atoms with E-state index in [1.807, 2.05) is 0 Å². The molecule has 0 radical (unpaired) electrons. The lowest BCUT2D eigenvalue weighted by Gasteiger charge is -2.14. The molecule has 8 heteroatoms. The van der Waals surface area contributed by atoms with Crippen molar-refractivity contribution in [2.45, 2.75) is 12.8 Å². The highest BCUT2D eigenvalue weighted by Crippen LogP contribution is 2.20. The number of nitrogens with zero attached hydrogens (tertiary/aromatic N) is 2. The van der Waals surface area contributed by atoms with Crippen LogP contribution in [0.15, 0.2) is 24.5 Å². The van der Waals surface area contributed by atoms with Crippen LogP contribution in [0.1, 0.15) is 12.1 Å². The van der Waals surface area contributed by atoms with Crippen LogP contribution in [-0.4, -0.2) is 15.9 Å². The van der Waals surface area contributed by atoms with Gasteiger partial charge in [0.2, 0.25) is 5.91 Å². The number of amides is 1. The van der Waals surface area contributed by atoms with Crippen molar-refractivity contribution in [1.29, 1.82) is 0 Å². The third-order valence-corrected chi connectivity index (χ3v) is 2.95. The van der Waals surface area contributed by atoms with E-state index >= 15 is 0 Å². The molecule has 1 aliphatic rings. The lowest BCUT2D eigenvalue weighted by molar-refractivity contribution is -0.116. The van der Waals surface area contributed by atoms with Gasteiger partial charge in [0, 0.05) is 25.0 Å². The van der Waals surface area contributed by atoms with Crippen LogP contribution in [0.5, 0.6) is 0 Å². The second-order valence-electron chi connectivity index (χ2n) is 4.23. The number of aryl methyl sites for hydroxylation is 1. The van der Waals surface area contributed by atoms with Crippen LogP contribution < -0.4 is 11.1 Å². The third kappa shape index (κ3) is 4.09. The standard InChI is InChI=1S/C8H7FN2O.C5H4ClFN2/c9-5-3-7-6(10-4-5)1-2-8(12)11-7;6-5-4(8)1-3(7)2-9-5/h3-4H,1-2H2,(H,11,12);1-2H,8H2. The molecule has 0 unspecified atom stereocenters. The Labute approximate surface area is 124 Å². The van der Waals surface area contributed by atoms with E-state index in [0.717, 1.165) is 24.2 Å². The first-order valence-electron chi connectivity index (χ1n) is 5.96. The van der Waals surface area contributed by atoms with E-state index in [4.69, 9.17) is 17.3 Å². The number of nitrogen functional groups attached to an aromatic ring is 1.